The second-order valence-corrected chi connectivity index (χ2v) is 5.83. The normalized spacial score (nSPS) is 11.3. The molecule has 0 spiro atoms. The van der Waals surface area contributed by atoms with Crippen LogP contribution in [0.15, 0.2) is 36.8 Å². The van der Waals surface area contributed by atoms with Gasteiger partial charge in [-0.15, -0.1) is 0 Å². The van der Waals surface area contributed by atoms with Gasteiger partial charge in [0.15, 0.2) is 0 Å². The largest absolute Gasteiger partial charge is 0.368 e. The number of hydrogen-bond acceptors (Lipinski definition) is 4. The summed E-state index contributed by atoms with van der Waals surface area (Å²) in [6, 6.07) is 7.79. The maximum absolute atomic E-state index is 6.11. The van der Waals surface area contributed by atoms with Crippen LogP contribution >= 0.6 is 11.6 Å². The molecule has 5 nitrogen and oxygen atoms in total. The number of likely N-dealkylation sites (N-methyl/N-ethyl adjacent to an activating group) is 1. The number of halogens is 1. The van der Waals surface area contributed by atoms with Crippen LogP contribution in [0.5, 0.6) is 0 Å². The summed E-state index contributed by atoms with van der Waals surface area (Å²) in [6.45, 7) is 1.75. The first kappa shape index (κ1) is 14.8. The summed E-state index contributed by atoms with van der Waals surface area (Å²) in [5.41, 5.74) is 2.91. The van der Waals surface area contributed by atoms with Gasteiger partial charge in [0.25, 0.3) is 0 Å². The lowest BCUT2D eigenvalue weighted by Crippen LogP contribution is -2.21. The van der Waals surface area contributed by atoms with Crippen molar-refractivity contribution in [2.24, 2.45) is 0 Å². The van der Waals surface area contributed by atoms with Crippen molar-refractivity contribution < 1.29 is 0 Å². The van der Waals surface area contributed by atoms with Crippen LogP contribution in [0.3, 0.4) is 0 Å². The Morgan fingerprint density at radius 1 is 1.27 bits per heavy atom. The topological polar surface area (TPSA) is 56.8 Å². The summed E-state index contributed by atoms with van der Waals surface area (Å²) in [5.74, 6) is 0.836. The first-order chi connectivity index (χ1) is 10.6. The highest BCUT2D eigenvalue weighted by Crippen LogP contribution is 2.32. The SMILES string of the molecule is CN(C)CCNc1ncnc2[nH]cc(-c3cccc(Cl)c3)c12. The number of anilines is 1. The third kappa shape index (κ3) is 3.05. The van der Waals surface area contributed by atoms with Gasteiger partial charge in [0.2, 0.25) is 0 Å². The Bertz CT molecular complexity index is 781. The zero-order valence-corrected chi connectivity index (χ0v) is 13.4. The van der Waals surface area contributed by atoms with Crippen molar-refractivity contribution in [3.05, 3.63) is 41.8 Å². The Balaban J connectivity index is 2.01. The summed E-state index contributed by atoms with van der Waals surface area (Å²) in [5, 5.41) is 5.09. The molecule has 3 aromatic rings. The van der Waals surface area contributed by atoms with Crippen molar-refractivity contribution in [3.63, 3.8) is 0 Å². The van der Waals surface area contributed by atoms with Crippen LogP contribution < -0.4 is 5.32 Å². The van der Waals surface area contributed by atoms with Crippen molar-refractivity contribution in [2.75, 3.05) is 32.5 Å². The van der Waals surface area contributed by atoms with Gasteiger partial charge in [0.05, 0.1) is 5.39 Å². The van der Waals surface area contributed by atoms with Gasteiger partial charge in [-0.2, -0.15) is 0 Å². The maximum atomic E-state index is 6.11. The molecule has 0 saturated heterocycles. The van der Waals surface area contributed by atoms with Crippen molar-refractivity contribution in [1.82, 2.24) is 19.9 Å². The zero-order chi connectivity index (χ0) is 15.5. The first-order valence-electron chi connectivity index (χ1n) is 7.12. The van der Waals surface area contributed by atoms with E-state index in [1.165, 1.54) is 0 Å². The molecule has 0 amide bonds. The summed E-state index contributed by atoms with van der Waals surface area (Å²) in [4.78, 5) is 14.0. The lowest BCUT2D eigenvalue weighted by Gasteiger charge is -2.12. The first-order valence-corrected chi connectivity index (χ1v) is 7.49. The van der Waals surface area contributed by atoms with Crippen molar-refractivity contribution in [1.29, 1.82) is 0 Å². The molecule has 0 aliphatic rings. The third-order valence-corrected chi connectivity index (χ3v) is 3.69. The molecule has 0 fully saturated rings. The van der Waals surface area contributed by atoms with Gasteiger partial charge in [0.1, 0.15) is 17.8 Å². The van der Waals surface area contributed by atoms with E-state index in [0.717, 1.165) is 41.1 Å². The zero-order valence-electron chi connectivity index (χ0n) is 12.6. The highest BCUT2D eigenvalue weighted by atomic mass is 35.5. The fourth-order valence-electron chi connectivity index (χ4n) is 2.38. The fraction of sp³-hybridized carbons (Fsp3) is 0.250. The van der Waals surface area contributed by atoms with Gasteiger partial charge in [-0.05, 0) is 31.8 Å². The maximum Gasteiger partial charge on any atom is 0.143 e. The Hall–Kier alpha value is -2.11. The third-order valence-electron chi connectivity index (χ3n) is 3.46. The smallest absolute Gasteiger partial charge is 0.143 e. The molecule has 0 aliphatic carbocycles. The molecule has 0 saturated carbocycles. The Labute approximate surface area is 134 Å². The van der Waals surface area contributed by atoms with Crippen LogP contribution in [0.25, 0.3) is 22.2 Å². The van der Waals surface area contributed by atoms with E-state index in [1.54, 1.807) is 6.33 Å². The van der Waals surface area contributed by atoms with Crippen LogP contribution in [-0.2, 0) is 0 Å². The number of nitrogens with zero attached hydrogens (tertiary/aromatic N) is 3. The minimum atomic E-state index is 0.714. The summed E-state index contributed by atoms with van der Waals surface area (Å²) >= 11 is 6.11. The molecule has 22 heavy (non-hydrogen) atoms. The molecule has 0 atom stereocenters. The minimum Gasteiger partial charge on any atom is -0.368 e. The average Bonchev–Trinajstić information content (AvgIpc) is 2.92. The molecule has 114 valence electrons. The molecule has 0 radical (unpaired) electrons. The van der Waals surface area contributed by atoms with Crippen molar-refractivity contribution in [3.8, 4) is 11.1 Å². The minimum absolute atomic E-state index is 0.714. The monoisotopic (exact) mass is 315 g/mol. The molecule has 2 N–H and O–H groups in total. The van der Waals surface area contributed by atoms with Crippen molar-refractivity contribution in [2.45, 2.75) is 0 Å². The van der Waals surface area contributed by atoms with Crippen LogP contribution in [0.4, 0.5) is 5.82 Å². The van der Waals surface area contributed by atoms with Gasteiger partial charge in [-0.1, -0.05) is 23.7 Å². The number of fused-ring (bicyclic) bond motifs is 1. The molecule has 3 rings (SSSR count). The van der Waals surface area contributed by atoms with Crippen LogP contribution in [-0.4, -0.2) is 47.0 Å². The number of hydrogen-bond donors (Lipinski definition) is 2. The summed E-state index contributed by atoms with van der Waals surface area (Å²) in [7, 11) is 4.09. The molecule has 1 aromatic carbocycles. The van der Waals surface area contributed by atoms with Gasteiger partial charge < -0.3 is 15.2 Å². The van der Waals surface area contributed by atoms with E-state index in [4.69, 9.17) is 11.6 Å². The Morgan fingerprint density at radius 2 is 2.14 bits per heavy atom. The quantitative estimate of drug-likeness (QED) is 0.759. The summed E-state index contributed by atoms with van der Waals surface area (Å²) < 4.78 is 0. The molecule has 2 aromatic heterocycles. The highest BCUT2D eigenvalue weighted by Gasteiger charge is 2.12. The highest BCUT2D eigenvalue weighted by molar-refractivity contribution is 6.30. The van der Waals surface area contributed by atoms with E-state index in [2.05, 4.69) is 25.2 Å². The lowest BCUT2D eigenvalue weighted by atomic mass is 10.1. The van der Waals surface area contributed by atoms with Gasteiger partial charge in [-0.25, -0.2) is 9.97 Å². The summed E-state index contributed by atoms with van der Waals surface area (Å²) in [6.07, 6.45) is 3.51. The standard InChI is InChI=1S/C16H18ClN5/c1-22(2)7-6-18-15-14-13(9-19-16(14)21-10-20-15)11-4-3-5-12(17)8-11/h3-5,8-10H,6-7H2,1-2H3,(H2,18,19,20,21). The van der Waals surface area contributed by atoms with E-state index < -0.39 is 0 Å². The molecule has 0 bridgehead atoms. The van der Waals surface area contributed by atoms with E-state index >= 15 is 0 Å². The molecular weight excluding hydrogens is 298 g/mol. The van der Waals surface area contributed by atoms with Crippen molar-refractivity contribution >= 4 is 28.5 Å². The number of H-pyrrole nitrogens is 1. The second kappa shape index (κ2) is 6.34. The van der Waals surface area contributed by atoms with Gasteiger partial charge in [0, 0.05) is 29.9 Å². The Morgan fingerprint density at radius 3 is 2.91 bits per heavy atom. The van der Waals surface area contributed by atoms with Crippen LogP contribution in [0.1, 0.15) is 0 Å². The molecule has 6 heteroatoms. The van der Waals surface area contributed by atoms with Gasteiger partial charge in [-0.3, -0.25) is 0 Å². The van der Waals surface area contributed by atoms with E-state index in [-0.39, 0.29) is 0 Å². The van der Waals surface area contributed by atoms with Crippen LogP contribution in [0.2, 0.25) is 5.02 Å². The van der Waals surface area contributed by atoms with E-state index in [1.807, 2.05) is 44.6 Å². The predicted molar refractivity (Wildman–Crippen MR) is 91.4 cm³/mol. The second-order valence-electron chi connectivity index (χ2n) is 5.39. The number of aromatic nitrogens is 3. The number of aromatic amines is 1. The van der Waals surface area contributed by atoms with E-state index in [9.17, 15) is 0 Å². The average molecular weight is 316 g/mol. The lowest BCUT2D eigenvalue weighted by molar-refractivity contribution is 0.425. The molecule has 0 aliphatic heterocycles. The van der Waals surface area contributed by atoms with Crippen LogP contribution in [0, 0.1) is 0 Å². The number of nitrogens with one attached hydrogen (secondary N) is 2. The number of benzene rings is 1. The molecule has 0 unspecified atom stereocenters. The fourth-order valence-corrected chi connectivity index (χ4v) is 2.57. The van der Waals surface area contributed by atoms with E-state index in [0.29, 0.717) is 5.02 Å². The number of rotatable bonds is 5. The molecule has 2 heterocycles. The molecular formula is C16H18ClN5. The Kier molecular flexibility index (Phi) is 4.27. The predicted octanol–water partition coefficient (Wildman–Crippen LogP) is 3.25. The van der Waals surface area contributed by atoms with Gasteiger partial charge >= 0.3 is 0 Å².